The fraction of sp³-hybridized carbons (Fsp3) is 0.625. The van der Waals surface area contributed by atoms with Gasteiger partial charge in [0.25, 0.3) is 0 Å². The molecule has 20 heavy (non-hydrogen) atoms. The summed E-state index contributed by atoms with van der Waals surface area (Å²) in [6.07, 6.45) is 1.39. The molecule has 1 N–H and O–H groups in total. The molecule has 0 aromatic heterocycles. The molecule has 1 aromatic rings. The molecule has 0 amide bonds. The lowest BCUT2D eigenvalue weighted by atomic mass is 9.85. The van der Waals surface area contributed by atoms with Crippen LogP contribution in [0.5, 0.6) is 5.75 Å². The van der Waals surface area contributed by atoms with E-state index in [2.05, 4.69) is 12.2 Å². The average molecular weight is 279 g/mol. The molecule has 0 heterocycles. The molecule has 1 fully saturated rings. The van der Waals surface area contributed by atoms with Crippen LogP contribution in [0.4, 0.5) is 0 Å². The third-order valence-electron chi connectivity index (χ3n) is 3.50. The van der Waals surface area contributed by atoms with Crippen molar-refractivity contribution < 1.29 is 14.2 Å². The molecule has 1 aromatic carbocycles. The van der Waals surface area contributed by atoms with E-state index in [1.165, 1.54) is 0 Å². The van der Waals surface area contributed by atoms with E-state index in [1.807, 2.05) is 37.3 Å². The zero-order chi connectivity index (χ0) is 14.2. The van der Waals surface area contributed by atoms with E-state index in [4.69, 9.17) is 14.2 Å². The van der Waals surface area contributed by atoms with E-state index in [-0.39, 0.29) is 12.2 Å². The summed E-state index contributed by atoms with van der Waals surface area (Å²) in [7, 11) is 0. The molecule has 2 rings (SSSR count). The van der Waals surface area contributed by atoms with Gasteiger partial charge in [-0.15, -0.1) is 0 Å². The summed E-state index contributed by atoms with van der Waals surface area (Å²) in [5.41, 5.74) is 0. The Morgan fingerprint density at radius 2 is 1.90 bits per heavy atom. The normalized spacial score (nSPS) is 25.2. The number of benzene rings is 1. The van der Waals surface area contributed by atoms with Crippen LogP contribution in [0.1, 0.15) is 20.3 Å². The number of likely N-dealkylation sites (N-methyl/N-ethyl adjacent to an activating group) is 1. The fourth-order valence-electron chi connectivity index (χ4n) is 2.50. The number of rotatable bonds is 9. The van der Waals surface area contributed by atoms with Gasteiger partial charge in [-0.2, -0.15) is 0 Å². The third kappa shape index (κ3) is 4.20. The molecule has 0 radical (unpaired) electrons. The van der Waals surface area contributed by atoms with Gasteiger partial charge in [0.05, 0.1) is 18.8 Å². The first-order valence-corrected chi connectivity index (χ1v) is 7.49. The molecule has 112 valence electrons. The van der Waals surface area contributed by atoms with Crippen molar-refractivity contribution in [2.75, 3.05) is 26.4 Å². The number of para-hydroxylation sites is 1. The van der Waals surface area contributed by atoms with E-state index < -0.39 is 0 Å². The van der Waals surface area contributed by atoms with E-state index in [0.29, 0.717) is 19.3 Å². The summed E-state index contributed by atoms with van der Waals surface area (Å²) in [4.78, 5) is 0. The molecule has 0 aliphatic heterocycles. The molecular weight excluding hydrogens is 254 g/mol. The minimum atomic E-state index is 0.177. The highest BCUT2D eigenvalue weighted by atomic mass is 16.6. The molecule has 1 saturated carbocycles. The van der Waals surface area contributed by atoms with Crippen LogP contribution in [0, 0.1) is 0 Å². The monoisotopic (exact) mass is 279 g/mol. The highest BCUT2D eigenvalue weighted by Crippen LogP contribution is 2.27. The maximum absolute atomic E-state index is 5.85. The van der Waals surface area contributed by atoms with Gasteiger partial charge in [0.15, 0.2) is 0 Å². The first-order chi connectivity index (χ1) is 9.85. The van der Waals surface area contributed by atoms with Crippen LogP contribution in [0.25, 0.3) is 0 Å². The number of nitrogens with one attached hydrogen (secondary N) is 1. The molecule has 0 spiro atoms. The smallest absolute Gasteiger partial charge is 0.119 e. The molecule has 1 aliphatic rings. The largest absolute Gasteiger partial charge is 0.491 e. The molecular formula is C16H25NO3. The molecule has 0 saturated heterocycles. The van der Waals surface area contributed by atoms with Gasteiger partial charge < -0.3 is 19.5 Å². The Labute approximate surface area is 121 Å². The fourth-order valence-corrected chi connectivity index (χ4v) is 2.50. The van der Waals surface area contributed by atoms with Gasteiger partial charge in [-0.1, -0.05) is 25.1 Å². The summed E-state index contributed by atoms with van der Waals surface area (Å²) in [6, 6.07) is 10.2. The van der Waals surface area contributed by atoms with Crippen LogP contribution < -0.4 is 10.1 Å². The highest BCUT2D eigenvalue weighted by molar-refractivity contribution is 5.20. The summed E-state index contributed by atoms with van der Waals surface area (Å²) < 4.78 is 17.2. The number of hydrogen-bond acceptors (Lipinski definition) is 4. The van der Waals surface area contributed by atoms with Crippen LogP contribution in [0.3, 0.4) is 0 Å². The minimum Gasteiger partial charge on any atom is -0.491 e. The van der Waals surface area contributed by atoms with Crippen molar-refractivity contribution in [1.82, 2.24) is 5.32 Å². The van der Waals surface area contributed by atoms with Crippen LogP contribution >= 0.6 is 0 Å². The first kappa shape index (κ1) is 15.3. The van der Waals surface area contributed by atoms with Crippen LogP contribution in [-0.2, 0) is 9.47 Å². The molecule has 3 atom stereocenters. The predicted octanol–water partition coefficient (Wildman–Crippen LogP) is 2.24. The summed E-state index contributed by atoms with van der Waals surface area (Å²) in [5, 5.41) is 3.43. The van der Waals surface area contributed by atoms with Crippen molar-refractivity contribution in [3.63, 3.8) is 0 Å². The van der Waals surface area contributed by atoms with Crippen LogP contribution in [0.2, 0.25) is 0 Å². The SMILES string of the molecule is CCNC1CC(OCCOc2ccccc2)C1OCC. The summed E-state index contributed by atoms with van der Waals surface area (Å²) in [5.74, 6) is 0.886. The summed E-state index contributed by atoms with van der Waals surface area (Å²) >= 11 is 0. The Bertz CT molecular complexity index is 371. The highest BCUT2D eigenvalue weighted by Gasteiger charge is 2.42. The Morgan fingerprint density at radius 1 is 1.10 bits per heavy atom. The van der Waals surface area contributed by atoms with Gasteiger partial charge in [-0.25, -0.2) is 0 Å². The lowest BCUT2D eigenvalue weighted by Gasteiger charge is -2.44. The minimum absolute atomic E-state index is 0.177. The maximum atomic E-state index is 5.85. The van der Waals surface area contributed by atoms with E-state index >= 15 is 0 Å². The second-order valence-electron chi connectivity index (χ2n) is 4.89. The van der Waals surface area contributed by atoms with E-state index in [1.54, 1.807) is 0 Å². The molecule has 4 nitrogen and oxygen atoms in total. The number of ether oxygens (including phenoxy) is 3. The van der Waals surface area contributed by atoms with Crippen molar-refractivity contribution in [2.24, 2.45) is 0 Å². The second-order valence-corrected chi connectivity index (χ2v) is 4.89. The Kier molecular flexibility index (Phi) is 6.30. The van der Waals surface area contributed by atoms with Crippen molar-refractivity contribution in [3.8, 4) is 5.75 Å². The lowest BCUT2D eigenvalue weighted by Crippen LogP contribution is -2.60. The van der Waals surface area contributed by atoms with E-state index in [0.717, 1.165) is 25.3 Å². The van der Waals surface area contributed by atoms with Gasteiger partial charge in [0.2, 0.25) is 0 Å². The number of hydrogen-bond donors (Lipinski definition) is 1. The van der Waals surface area contributed by atoms with Crippen molar-refractivity contribution in [1.29, 1.82) is 0 Å². The van der Waals surface area contributed by atoms with Crippen molar-refractivity contribution in [3.05, 3.63) is 30.3 Å². The van der Waals surface area contributed by atoms with Gasteiger partial charge in [0, 0.05) is 12.6 Å². The predicted molar refractivity (Wildman–Crippen MR) is 79.2 cm³/mol. The first-order valence-electron chi connectivity index (χ1n) is 7.49. The topological polar surface area (TPSA) is 39.7 Å². The van der Waals surface area contributed by atoms with Crippen molar-refractivity contribution in [2.45, 2.75) is 38.5 Å². The maximum Gasteiger partial charge on any atom is 0.119 e. The van der Waals surface area contributed by atoms with Crippen LogP contribution in [0.15, 0.2) is 30.3 Å². The molecule has 1 aliphatic carbocycles. The third-order valence-corrected chi connectivity index (χ3v) is 3.50. The average Bonchev–Trinajstić information content (AvgIpc) is 2.48. The van der Waals surface area contributed by atoms with E-state index in [9.17, 15) is 0 Å². The lowest BCUT2D eigenvalue weighted by molar-refractivity contribution is -0.147. The van der Waals surface area contributed by atoms with Gasteiger partial charge in [-0.3, -0.25) is 0 Å². The zero-order valence-corrected chi connectivity index (χ0v) is 12.4. The standard InChI is InChI=1S/C16H25NO3/c1-3-17-14-12-15(16(14)18-4-2)20-11-10-19-13-8-6-5-7-9-13/h5-9,14-17H,3-4,10-12H2,1-2H3. The van der Waals surface area contributed by atoms with Crippen LogP contribution in [-0.4, -0.2) is 44.6 Å². The zero-order valence-electron chi connectivity index (χ0n) is 12.4. The van der Waals surface area contributed by atoms with Gasteiger partial charge >= 0.3 is 0 Å². The molecule has 0 bridgehead atoms. The Morgan fingerprint density at radius 3 is 2.60 bits per heavy atom. The van der Waals surface area contributed by atoms with Crippen molar-refractivity contribution >= 4 is 0 Å². The van der Waals surface area contributed by atoms with Gasteiger partial charge in [0.1, 0.15) is 12.4 Å². The quantitative estimate of drug-likeness (QED) is 0.704. The second kappa shape index (κ2) is 8.25. The summed E-state index contributed by atoms with van der Waals surface area (Å²) in [6.45, 7) is 7.01. The Balaban J connectivity index is 1.64. The Hall–Kier alpha value is -1.10. The molecule has 4 heteroatoms. The molecule has 3 unspecified atom stereocenters. The van der Waals surface area contributed by atoms with Gasteiger partial charge in [-0.05, 0) is 32.0 Å².